The molecule has 7 heteroatoms. The molecule has 0 aliphatic rings. The van der Waals surface area contributed by atoms with Crippen LogP contribution in [-0.4, -0.2) is 27.5 Å². The third-order valence-corrected chi connectivity index (χ3v) is 3.71. The summed E-state index contributed by atoms with van der Waals surface area (Å²) in [5.41, 5.74) is -0.0866. The van der Waals surface area contributed by atoms with Crippen LogP contribution in [-0.2, 0) is 20.3 Å². The lowest BCUT2D eigenvalue weighted by Gasteiger charge is -2.08. The highest BCUT2D eigenvalue weighted by molar-refractivity contribution is 7.86. The molecule has 0 aliphatic heterocycles. The predicted octanol–water partition coefficient (Wildman–Crippen LogP) is 1.26. The van der Waals surface area contributed by atoms with E-state index in [2.05, 4.69) is 4.74 Å². The van der Waals surface area contributed by atoms with Gasteiger partial charge in [-0.2, -0.15) is 0 Å². The Balaban J connectivity index is 2.90. The van der Waals surface area contributed by atoms with Crippen LogP contribution in [0.4, 0.5) is 5.69 Å². The van der Waals surface area contributed by atoms with Crippen LogP contribution in [0, 0.1) is 10.1 Å². The smallest absolute Gasteiger partial charge is 0.321 e. The Morgan fingerprint density at radius 3 is 2.35 bits per heavy atom. The predicted molar refractivity (Wildman–Crippen MR) is 61.0 cm³/mol. The number of esters is 1. The van der Waals surface area contributed by atoms with E-state index < -0.39 is 26.9 Å². The Bertz CT molecular complexity index is 456. The van der Waals surface area contributed by atoms with E-state index in [-0.39, 0.29) is 5.69 Å². The van der Waals surface area contributed by atoms with Crippen LogP contribution in [0.25, 0.3) is 0 Å². The normalized spacial score (nSPS) is 13.8. The number of hydrogen-bond acceptors (Lipinski definition) is 5. The lowest BCUT2D eigenvalue weighted by atomic mass is 10.3. The van der Waals surface area contributed by atoms with Gasteiger partial charge in [0.15, 0.2) is 0 Å². The molecule has 0 heterocycles. The Hall–Kier alpha value is -1.76. The third kappa shape index (κ3) is 3.10. The van der Waals surface area contributed by atoms with Gasteiger partial charge in [-0.1, -0.05) is 0 Å². The summed E-state index contributed by atoms with van der Waals surface area (Å²) in [6, 6.07) is 5.23. The molecule has 92 valence electrons. The summed E-state index contributed by atoms with van der Waals surface area (Å²) in [4.78, 5) is 21.4. The highest BCUT2D eigenvalue weighted by Gasteiger charge is 2.22. The van der Waals surface area contributed by atoms with Crippen molar-refractivity contribution in [1.29, 1.82) is 0 Å². The van der Waals surface area contributed by atoms with Crippen LogP contribution in [0.2, 0.25) is 0 Å². The Morgan fingerprint density at radius 1 is 1.41 bits per heavy atom. The van der Waals surface area contributed by atoms with E-state index in [9.17, 15) is 19.1 Å². The summed E-state index contributed by atoms with van der Waals surface area (Å²) >= 11 is 0. The second kappa shape index (κ2) is 5.53. The molecule has 17 heavy (non-hydrogen) atoms. The van der Waals surface area contributed by atoms with Gasteiger partial charge in [0.1, 0.15) is 5.25 Å². The summed E-state index contributed by atoms with van der Waals surface area (Å²) < 4.78 is 16.3. The standard InChI is InChI=1S/C10H11NO5S/c1-7(10(12)16-2)17(15)9-5-3-8(4-6-9)11(13)14/h3-7H,1-2H3. The van der Waals surface area contributed by atoms with Gasteiger partial charge in [0.2, 0.25) is 0 Å². The van der Waals surface area contributed by atoms with Gasteiger partial charge >= 0.3 is 5.97 Å². The van der Waals surface area contributed by atoms with E-state index in [4.69, 9.17) is 0 Å². The average molecular weight is 257 g/mol. The molecule has 0 amide bonds. The fourth-order valence-electron chi connectivity index (χ4n) is 1.16. The van der Waals surface area contributed by atoms with Crippen LogP contribution in [0.15, 0.2) is 29.2 Å². The van der Waals surface area contributed by atoms with Crippen LogP contribution in [0.5, 0.6) is 0 Å². The lowest BCUT2D eigenvalue weighted by molar-refractivity contribution is -0.384. The summed E-state index contributed by atoms with van der Waals surface area (Å²) in [5.74, 6) is -0.582. The first kappa shape index (κ1) is 13.3. The minimum absolute atomic E-state index is 0.0866. The van der Waals surface area contributed by atoms with Crippen molar-refractivity contribution < 1.29 is 18.7 Å². The topological polar surface area (TPSA) is 86.5 Å². The summed E-state index contributed by atoms with van der Waals surface area (Å²) in [6.45, 7) is 1.48. The number of non-ortho nitro benzene ring substituents is 1. The Kier molecular flexibility index (Phi) is 4.33. The van der Waals surface area contributed by atoms with Crippen molar-refractivity contribution >= 4 is 22.5 Å². The number of nitrogens with zero attached hydrogens (tertiary/aromatic N) is 1. The molecule has 6 nitrogen and oxygen atoms in total. The van der Waals surface area contributed by atoms with Gasteiger partial charge in [0.05, 0.1) is 22.8 Å². The van der Waals surface area contributed by atoms with E-state index in [0.717, 1.165) is 0 Å². The minimum atomic E-state index is -1.58. The van der Waals surface area contributed by atoms with E-state index in [0.29, 0.717) is 4.90 Å². The second-order valence-electron chi connectivity index (χ2n) is 3.21. The highest BCUT2D eigenvalue weighted by Crippen LogP contribution is 2.17. The van der Waals surface area contributed by atoms with Crippen molar-refractivity contribution in [2.45, 2.75) is 17.1 Å². The van der Waals surface area contributed by atoms with E-state index in [1.54, 1.807) is 0 Å². The molecule has 2 unspecified atom stereocenters. The van der Waals surface area contributed by atoms with Crippen molar-refractivity contribution in [3.05, 3.63) is 34.4 Å². The first-order valence-electron chi connectivity index (χ1n) is 4.70. The van der Waals surface area contributed by atoms with Crippen molar-refractivity contribution in [1.82, 2.24) is 0 Å². The minimum Gasteiger partial charge on any atom is -0.468 e. The van der Waals surface area contributed by atoms with Crippen LogP contribution in [0.3, 0.4) is 0 Å². The maximum atomic E-state index is 11.9. The summed E-state index contributed by atoms with van der Waals surface area (Å²) in [5, 5.41) is 9.62. The third-order valence-electron chi connectivity index (χ3n) is 2.13. The van der Waals surface area contributed by atoms with Gasteiger partial charge in [-0.25, -0.2) is 0 Å². The molecule has 0 aliphatic carbocycles. The zero-order valence-corrected chi connectivity index (χ0v) is 10.1. The molecule has 0 radical (unpaired) electrons. The number of methoxy groups -OCH3 is 1. The SMILES string of the molecule is COC(=O)C(C)S(=O)c1ccc([N+](=O)[O-])cc1. The molecule has 2 atom stereocenters. The number of hydrogen-bond donors (Lipinski definition) is 0. The Morgan fingerprint density at radius 2 is 1.94 bits per heavy atom. The molecular formula is C10H11NO5S. The van der Waals surface area contributed by atoms with E-state index >= 15 is 0 Å². The monoisotopic (exact) mass is 257 g/mol. The number of ether oxygens (including phenoxy) is 1. The van der Waals surface area contributed by atoms with Gasteiger partial charge in [0.25, 0.3) is 5.69 Å². The molecule has 1 aromatic carbocycles. The summed E-state index contributed by atoms with van der Waals surface area (Å²) in [7, 11) is -0.363. The zero-order valence-electron chi connectivity index (χ0n) is 9.28. The van der Waals surface area contributed by atoms with Crippen molar-refractivity contribution in [3.63, 3.8) is 0 Å². The molecular weight excluding hydrogens is 246 g/mol. The van der Waals surface area contributed by atoms with E-state index in [1.165, 1.54) is 38.3 Å². The zero-order chi connectivity index (χ0) is 13.0. The maximum absolute atomic E-state index is 11.9. The fourth-order valence-corrected chi connectivity index (χ4v) is 2.24. The first-order chi connectivity index (χ1) is 7.97. The Labute approximate surface area is 100 Å². The number of carbonyl (C=O) groups excluding carboxylic acids is 1. The fraction of sp³-hybridized carbons (Fsp3) is 0.300. The molecule has 0 bridgehead atoms. The molecule has 0 spiro atoms. The van der Waals surface area contributed by atoms with Gasteiger partial charge in [-0.15, -0.1) is 0 Å². The van der Waals surface area contributed by atoms with Crippen LogP contribution >= 0.6 is 0 Å². The quantitative estimate of drug-likeness (QED) is 0.460. The highest BCUT2D eigenvalue weighted by atomic mass is 32.2. The van der Waals surface area contributed by atoms with Gasteiger partial charge in [-0.05, 0) is 19.1 Å². The molecule has 1 rings (SSSR count). The second-order valence-corrected chi connectivity index (χ2v) is 4.99. The van der Waals surface area contributed by atoms with Crippen LogP contribution in [0.1, 0.15) is 6.92 Å². The number of rotatable bonds is 4. The first-order valence-corrected chi connectivity index (χ1v) is 5.91. The van der Waals surface area contributed by atoms with Gasteiger partial charge < -0.3 is 4.74 Å². The van der Waals surface area contributed by atoms with Crippen molar-refractivity contribution in [2.24, 2.45) is 0 Å². The maximum Gasteiger partial charge on any atom is 0.321 e. The number of carbonyl (C=O) groups is 1. The number of benzene rings is 1. The summed E-state index contributed by atoms with van der Waals surface area (Å²) in [6.07, 6.45) is 0. The molecule has 0 saturated carbocycles. The van der Waals surface area contributed by atoms with Crippen molar-refractivity contribution in [2.75, 3.05) is 7.11 Å². The van der Waals surface area contributed by atoms with Crippen LogP contribution < -0.4 is 0 Å². The molecule has 0 saturated heterocycles. The molecule has 0 aromatic heterocycles. The number of nitro groups is 1. The lowest BCUT2D eigenvalue weighted by Crippen LogP contribution is -2.23. The molecule has 0 fully saturated rings. The van der Waals surface area contributed by atoms with Gasteiger partial charge in [0, 0.05) is 17.0 Å². The van der Waals surface area contributed by atoms with Gasteiger partial charge in [-0.3, -0.25) is 19.1 Å². The number of nitro benzene ring substituents is 1. The largest absolute Gasteiger partial charge is 0.468 e. The van der Waals surface area contributed by atoms with E-state index in [1.807, 2.05) is 0 Å². The average Bonchev–Trinajstić information content (AvgIpc) is 2.36. The molecule has 1 aromatic rings. The molecule has 0 N–H and O–H groups in total. The van der Waals surface area contributed by atoms with Crippen molar-refractivity contribution in [3.8, 4) is 0 Å².